The van der Waals surface area contributed by atoms with Crippen molar-refractivity contribution in [1.29, 1.82) is 0 Å². The van der Waals surface area contributed by atoms with Crippen molar-refractivity contribution in [2.45, 2.75) is 62.7 Å². The van der Waals surface area contributed by atoms with Gasteiger partial charge in [0.25, 0.3) is 10.0 Å². The van der Waals surface area contributed by atoms with Gasteiger partial charge in [-0.05, 0) is 18.8 Å². The quantitative estimate of drug-likeness (QED) is 0.706. The molecule has 0 unspecified atom stereocenters. The van der Waals surface area contributed by atoms with E-state index in [1.54, 1.807) is 24.2 Å². The van der Waals surface area contributed by atoms with E-state index in [2.05, 4.69) is 29.0 Å². The van der Waals surface area contributed by atoms with Crippen LogP contribution < -0.4 is 0 Å². The number of aromatic nitrogens is 4. The van der Waals surface area contributed by atoms with Gasteiger partial charge in [0, 0.05) is 38.7 Å². The van der Waals surface area contributed by atoms with Gasteiger partial charge in [0.2, 0.25) is 5.89 Å². The summed E-state index contributed by atoms with van der Waals surface area (Å²) in [5.41, 5.74) is 0. The predicted molar refractivity (Wildman–Crippen MR) is 95.4 cm³/mol. The van der Waals surface area contributed by atoms with Crippen LogP contribution in [0.5, 0.6) is 0 Å². The van der Waals surface area contributed by atoms with E-state index in [0.29, 0.717) is 36.5 Å². The van der Waals surface area contributed by atoms with Crippen LogP contribution in [-0.4, -0.2) is 52.2 Å². The number of methoxy groups -OCH3 is 1. The van der Waals surface area contributed by atoms with Gasteiger partial charge in [-0.15, -0.1) is 0 Å². The second kappa shape index (κ2) is 6.99. The van der Waals surface area contributed by atoms with Crippen LogP contribution in [0.15, 0.2) is 22.1 Å². The molecule has 1 saturated carbocycles. The van der Waals surface area contributed by atoms with Gasteiger partial charge in [0.1, 0.15) is 6.04 Å². The van der Waals surface area contributed by atoms with Crippen molar-refractivity contribution in [3.05, 3.63) is 24.2 Å². The normalized spacial score (nSPS) is 24.1. The molecule has 2 aliphatic rings. The summed E-state index contributed by atoms with van der Waals surface area (Å²) >= 11 is 0. The molecule has 0 bridgehead atoms. The highest BCUT2D eigenvalue weighted by Gasteiger charge is 2.45. The summed E-state index contributed by atoms with van der Waals surface area (Å²) < 4.78 is 40.5. The zero-order valence-electron chi connectivity index (χ0n) is 15.8. The molecule has 2 atom stereocenters. The van der Waals surface area contributed by atoms with Gasteiger partial charge in [-0.1, -0.05) is 19.0 Å². The Morgan fingerprint density at radius 2 is 2.15 bits per heavy atom. The molecule has 2 aromatic heterocycles. The largest absolute Gasteiger partial charge is 0.380 e. The molecule has 2 aromatic rings. The average Bonchev–Trinajstić information content (AvgIpc) is 3.04. The molecule has 0 N–H and O–H groups in total. The summed E-state index contributed by atoms with van der Waals surface area (Å²) in [4.78, 5) is 8.59. The first kappa shape index (κ1) is 18.6. The van der Waals surface area contributed by atoms with Crippen LogP contribution in [0.25, 0.3) is 0 Å². The number of hydrogen-bond donors (Lipinski definition) is 0. The van der Waals surface area contributed by atoms with Gasteiger partial charge < -0.3 is 13.8 Å². The first-order valence-corrected chi connectivity index (χ1v) is 10.7. The van der Waals surface area contributed by atoms with Crippen molar-refractivity contribution in [2.75, 3.05) is 13.7 Å². The Labute approximate surface area is 158 Å². The van der Waals surface area contributed by atoms with E-state index >= 15 is 0 Å². The van der Waals surface area contributed by atoms with Gasteiger partial charge in [-0.25, -0.2) is 13.4 Å². The van der Waals surface area contributed by atoms with E-state index in [9.17, 15) is 8.42 Å². The third-order valence-electron chi connectivity index (χ3n) is 4.99. The summed E-state index contributed by atoms with van der Waals surface area (Å²) in [5.74, 6) is 1.75. The molecular weight excluding hydrogens is 370 g/mol. The van der Waals surface area contributed by atoms with Gasteiger partial charge in [0.05, 0.1) is 12.4 Å². The monoisotopic (exact) mass is 395 g/mol. The Morgan fingerprint density at radius 3 is 2.81 bits per heavy atom. The van der Waals surface area contributed by atoms with Crippen molar-refractivity contribution in [3.63, 3.8) is 0 Å². The summed E-state index contributed by atoms with van der Waals surface area (Å²) in [6, 6.07) is -0.532. The molecule has 0 spiro atoms. The molecule has 0 radical (unpaired) electrons. The van der Waals surface area contributed by atoms with Gasteiger partial charge in [0.15, 0.2) is 10.9 Å². The fraction of sp³-hybridized carbons (Fsp3) is 0.706. The summed E-state index contributed by atoms with van der Waals surface area (Å²) in [6.07, 6.45) is 5.51. The molecule has 1 saturated heterocycles. The molecule has 0 aromatic carbocycles. The lowest BCUT2D eigenvalue weighted by Crippen LogP contribution is -2.32. The van der Waals surface area contributed by atoms with Gasteiger partial charge >= 0.3 is 0 Å². The molecule has 27 heavy (non-hydrogen) atoms. The maximum atomic E-state index is 13.2. The second-order valence-electron chi connectivity index (χ2n) is 7.75. The van der Waals surface area contributed by atoms with Gasteiger partial charge in [-0.2, -0.15) is 9.29 Å². The average molecular weight is 395 g/mol. The Kier molecular flexibility index (Phi) is 4.81. The van der Waals surface area contributed by atoms with Crippen LogP contribution in [0.2, 0.25) is 0 Å². The third kappa shape index (κ3) is 3.65. The lowest BCUT2D eigenvalue weighted by Gasteiger charge is -2.19. The minimum absolute atomic E-state index is 0.0341. The topological polar surface area (TPSA) is 103 Å². The van der Waals surface area contributed by atoms with E-state index in [-0.39, 0.29) is 17.7 Å². The zero-order chi connectivity index (χ0) is 19.2. The van der Waals surface area contributed by atoms with Crippen molar-refractivity contribution < 1.29 is 17.7 Å². The highest BCUT2D eigenvalue weighted by atomic mass is 32.2. The highest BCUT2D eigenvalue weighted by Crippen LogP contribution is 2.41. The van der Waals surface area contributed by atoms with Crippen molar-refractivity contribution in [2.24, 2.45) is 5.92 Å². The lowest BCUT2D eigenvalue weighted by molar-refractivity contribution is 0.114. The van der Waals surface area contributed by atoms with Crippen molar-refractivity contribution >= 4 is 10.0 Å². The van der Waals surface area contributed by atoms with Crippen molar-refractivity contribution in [3.8, 4) is 0 Å². The number of sulfonamides is 1. The molecule has 10 heteroatoms. The fourth-order valence-electron chi connectivity index (χ4n) is 3.43. The molecule has 9 nitrogen and oxygen atoms in total. The number of imidazole rings is 1. The summed E-state index contributed by atoms with van der Waals surface area (Å²) in [7, 11) is -2.21. The molecule has 3 heterocycles. The molecule has 148 valence electrons. The lowest BCUT2D eigenvalue weighted by atomic mass is 10.2. The smallest absolute Gasteiger partial charge is 0.262 e. The maximum Gasteiger partial charge on any atom is 0.262 e. The van der Waals surface area contributed by atoms with Crippen LogP contribution in [0.1, 0.15) is 56.8 Å². The Balaban J connectivity index is 1.62. The number of hydrogen-bond acceptors (Lipinski definition) is 7. The van der Waals surface area contributed by atoms with Crippen LogP contribution in [0.4, 0.5) is 0 Å². The van der Waals surface area contributed by atoms with Crippen LogP contribution in [-0.2, 0) is 21.3 Å². The highest BCUT2D eigenvalue weighted by molar-refractivity contribution is 7.89. The number of rotatable bonds is 7. The third-order valence-corrected chi connectivity index (χ3v) is 6.75. The first-order chi connectivity index (χ1) is 12.9. The van der Waals surface area contributed by atoms with E-state index in [1.165, 1.54) is 4.31 Å². The Morgan fingerprint density at radius 1 is 1.37 bits per heavy atom. The SMILES string of the molecule is CO[C@H]1C[C@H](c2nc(C3CC3)no2)N(S(=O)(=O)c2cn(CC(C)C)cn2)C1. The van der Waals surface area contributed by atoms with E-state index in [1.807, 2.05) is 0 Å². The molecule has 2 fully saturated rings. The van der Waals surface area contributed by atoms with Crippen LogP contribution in [0, 0.1) is 5.92 Å². The van der Waals surface area contributed by atoms with Crippen molar-refractivity contribution in [1.82, 2.24) is 24.0 Å². The first-order valence-electron chi connectivity index (χ1n) is 9.28. The number of ether oxygens (including phenoxy) is 1. The van der Waals surface area contributed by atoms with E-state index in [0.717, 1.165) is 12.8 Å². The zero-order valence-corrected chi connectivity index (χ0v) is 16.6. The summed E-state index contributed by atoms with van der Waals surface area (Å²) in [5, 5.41) is 4.07. The van der Waals surface area contributed by atoms with E-state index in [4.69, 9.17) is 9.26 Å². The maximum absolute atomic E-state index is 13.2. The van der Waals surface area contributed by atoms with Crippen LogP contribution >= 0.6 is 0 Å². The minimum Gasteiger partial charge on any atom is -0.380 e. The second-order valence-corrected chi connectivity index (χ2v) is 9.59. The number of nitrogens with zero attached hydrogens (tertiary/aromatic N) is 5. The minimum atomic E-state index is -3.80. The van der Waals surface area contributed by atoms with Gasteiger partial charge in [-0.3, -0.25) is 0 Å². The fourth-order valence-corrected chi connectivity index (χ4v) is 5.00. The molecule has 1 aliphatic heterocycles. The molecule has 1 aliphatic carbocycles. The molecule has 0 amide bonds. The molecule has 4 rings (SSSR count). The Hall–Kier alpha value is -1.78. The molecular formula is C17H25N5O4S. The predicted octanol–water partition coefficient (Wildman–Crippen LogP) is 1.95. The standard InChI is InChI=1S/C17H25N5O4S/c1-11(2)7-21-9-15(18-10-21)27(23,24)22-8-13(25-3)6-14(22)17-19-16(20-26-17)12-4-5-12/h9-14H,4-8H2,1-3H3/t13-,14+/m0/s1. The van der Waals surface area contributed by atoms with E-state index < -0.39 is 16.1 Å². The van der Waals surface area contributed by atoms with Crippen LogP contribution in [0.3, 0.4) is 0 Å². The Bertz CT molecular complexity index is 902. The summed E-state index contributed by atoms with van der Waals surface area (Å²) in [6.45, 7) is 5.09.